The van der Waals surface area contributed by atoms with Crippen molar-refractivity contribution in [3.05, 3.63) is 29.8 Å². The molecule has 0 spiro atoms. The number of carbonyl (C=O) groups is 1. The first-order chi connectivity index (χ1) is 9.69. The average Bonchev–Trinajstić information content (AvgIpc) is 2.92. The van der Waals surface area contributed by atoms with Crippen molar-refractivity contribution in [2.75, 3.05) is 12.3 Å². The standard InChI is InChI=1S/C16H24N2OS/c1-3-20-15-8-6-13(7-9-15)12(2)18-16(19)11-14-5-4-10-17-14/h6-9,12,14,17H,3-5,10-11H2,1-2H3,(H,18,19). The zero-order valence-corrected chi connectivity index (χ0v) is 13.1. The van der Waals surface area contributed by atoms with Gasteiger partial charge in [-0.15, -0.1) is 11.8 Å². The lowest BCUT2D eigenvalue weighted by molar-refractivity contribution is -0.122. The fourth-order valence-corrected chi connectivity index (χ4v) is 3.22. The van der Waals surface area contributed by atoms with Crippen molar-refractivity contribution in [2.24, 2.45) is 0 Å². The highest BCUT2D eigenvalue weighted by Gasteiger charge is 2.18. The van der Waals surface area contributed by atoms with Crippen LogP contribution in [0, 0.1) is 0 Å². The summed E-state index contributed by atoms with van der Waals surface area (Å²) in [4.78, 5) is 13.3. The van der Waals surface area contributed by atoms with E-state index >= 15 is 0 Å². The maximum absolute atomic E-state index is 12.0. The van der Waals surface area contributed by atoms with Crippen LogP contribution in [-0.4, -0.2) is 24.2 Å². The second-order valence-corrected chi connectivity index (χ2v) is 6.63. The number of benzene rings is 1. The van der Waals surface area contributed by atoms with Crippen molar-refractivity contribution in [2.45, 2.75) is 50.1 Å². The molecule has 1 saturated heterocycles. The molecule has 1 heterocycles. The number of nitrogens with one attached hydrogen (secondary N) is 2. The number of amides is 1. The number of hydrogen-bond donors (Lipinski definition) is 2. The Kier molecular flexibility index (Phi) is 5.92. The maximum atomic E-state index is 12.0. The summed E-state index contributed by atoms with van der Waals surface area (Å²) < 4.78 is 0. The van der Waals surface area contributed by atoms with E-state index < -0.39 is 0 Å². The molecule has 0 radical (unpaired) electrons. The van der Waals surface area contributed by atoms with Crippen LogP contribution in [0.1, 0.15) is 44.7 Å². The first-order valence-corrected chi connectivity index (χ1v) is 8.43. The minimum Gasteiger partial charge on any atom is -0.350 e. The highest BCUT2D eigenvalue weighted by atomic mass is 32.2. The van der Waals surface area contributed by atoms with Crippen LogP contribution in [0.25, 0.3) is 0 Å². The quantitative estimate of drug-likeness (QED) is 0.792. The van der Waals surface area contributed by atoms with Crippen molar-refractivity contribution in [3.8, 4) is 0 Å². The number of carbonyl (C=O) groups excluding carboxylic acids is 1. The lowest BCUT2D eigenvalue weighted by atomic mass is 10.1. The monoisotopic (exact) mass is 292 g/mol. The molecule has 1 amide bonds. The number of rotatable bonds is 6. The zero-order chi connectivity index (χ0) is 14.4. The second-order valence-electron chi connectivity index (χ2n) is 5.29. The van der Waals surface area contributed by atoms with Crippen LogP contribution < -0.4 is 10.6 Å². The molecule has 110 valence electrons. The van der Waals surface area contributed by atoms with Crippen molar-refractivity contribution < 1.29 is 4.79 Å². The molecule has 1 aromatic rings. The summed E-state index contributed by atoms with van der Waals surface area (Å²) in [6.45, 7) is 5.24. The molecule has 0 saturated carbocycles. The predicted molar refractivity (Wildman–Crippen MR) is 85.0 cm³/mol. The lowest BCUT2D eigenvalue weighted by Gasteiger charge is -2.16. The van der Waals surface area contributed by atoms with E-state index in [1.807, 2.05) is 18.7 Å². The van der Waals surface area contributed by atoms with Crippen LogP contribution in [0.2, 0.25) is 0 Å². The van der Waals surface area contributed by atoms with Crippen LogP contribution >= 0.6 is 11.8 Å². The van der Waals surface area contributed by atoms with Crippen molar-refractivity contribution in [1.82, 2.24) is 10.6 Å². The summed E-state index contributed by atoms with van der Waals surface area (Å²) in [5, 5.41) is 6.45. The van der Waals surface area contributed by atoms with E-state index in [0.717, 1.165) is 24.3 Å². The Hall–Kier alpha value is -1.00. The predicted octanol–water partition coefficient (Wildman–Crippen LogP) is 3.12. The minimum absolute atomic E-state index is 0.0737. The zero-order valence-electron chi connectivity index (χ0n) is 12.3. The van der Waals surface area contributed by atoms with E-state index in [2.05, 4.69) is 41.8 Å². The van der Waals surface area contributed by atoms with Gasteiger partial charge in [-0.2, -0.15) is 0 Å². The highest BCUT2D eigenvalue weighted by molar-refractivity contribution is 7.99. The van der Waals surface area contributed by atoms with Gasteiger partial charge < -0.3 is 10.6 Å². The molecule has 0 aliphatic carbocycles. The maximum Gasteiger partial charge on any atom is 0.222 e. The molecular formula is C16H24N2OS. The van der Waals surface area contributed by atoms with E-state index in [1.165, 1.54) is 11.3 Å². The first kappa shape index (κ1) is 15.4. The molecule has 2 N–H and O–H groups in total. The largest absolute Gasteiger partial charge is 0.350 e. The molecule has 0 bridgehead atoms. The van der Waals surface area contributed by atoms with Gasteiger partial charge in [-0.3, -0.25) is 4.79 Å². The Bertz CT molecular complexity index is 427. The van der Waals surface area contributed by atoms with Gasteiger partial charge in [0.2, 0.25) is 5.91 Å². The van der Waals surface area contributed by atoms with Gasteiger partial charge in [0.05, 0.1) is 6.04 Å². The first-order valence-electron chi connectivity index (χ1n) is 7.44. The Labute approximate surface area is 125 Å². The van der Waals surface area contributed by atoms with E-state index in [9.17, 15) is 4.79 Å². The van der Waals surface area contributed by atoms with Crippen molar-refractivity contribution in [3.63, 3.8) is 0 Å². The third kappa shape index (κ3) is 4.53. The molecule has 2 rings (SSSR count). The van der Waals surface area contributed by atoms with Crippen molar-refractivity contribution >= 4 is 17.7 Å². The Morgan fingerprint density at radius 3 is 2.80 bits per heavy atom. The Morgan fingerprint density at radius 2 is 2.20 bits per heavy atom. The lowest BCUT2D eigenvalue weighted by Crippen LogP contribution is -2.33. The molecular weight excluding hydrogens is 268 g/mol. The molecule has 0 aromatic heterocycles. The summed E-state index contributed by atoms with van der Waals surface area (Å²) in [5.41, 5.74) is 1.16. The van der Waals surface area contributed by atoms with Crippen LogP contribution in [0.5, 0.6) is 0 Å². The summed E-state index contributed by atoms with van der Waals surface area (Å²) >= 11 is 1.84. The third-order valence-corrected chi connectivity index (χ3v) is 4.56. The van der Waals surface area contributed by atoms with Gasteiger partial charge in [-0.1, -0.05) is 19.1 Å². The van der Waals surface area contributed by atoms with Crippen LogP contribution in [0.3, 0.4) is 0 Å². The molecule has 3 nitrogen and oxygen atoms in total. The summed E-state index contributed by atoms with van der Waals surface area (Å²) in [5.74, 6) is 1.23. The third-order valence-electron chi connectivity index (χ3n) is 3.66. The van der Waals surface area contributed by atoms with Crippen LogP contribution in [0.4, 0.5) is 0 Å². The highest BCUT2D eigenvalue weighted by Crippen LogP contribution is 2.21. The Morgan fingerprint density at radius 1 is 1.45 bits per heavy atom. The normalized spacial score (nSPS) is 19.8. The minimum atomic E-state index is 0.0737. The SMILES string of the molecule is CCSc1ccc(C(C)NC(=O)CC2CCCN2)cc1. The van der Waals surface area contributed by atoms with E-state index in [4.69, 9.17) is 0 Å². The molecule has 1 aromatic carbocycles. The topological polar surface area (TPSA) is 41.1 Å². The molecule has 2 atom stereocenters. The molecule has 1 aliphatic heterocycles. The second kappa shape index (κ2) is 7.70. The summed E-state index contributed by atoms with van der Waals surface area (Å²) in [7, 11) is 0. The Balaban J connectivity index is 1.83. The van der Waals surface area contributed by atoms with E-state index in [-0.39, 0.29) is 11.9 Å². The summed E-state index contributed by atoms with van der Waals surface area (Å²) in [6.07, 6.45) is 2.89. The van der Waals surface area contributed by atoms with Gasteiger partial charge in [-0.25, -0.2) is 0 Å². The molecule has 1 fully saturated rings. The van der Waals surface area contributed by atoms with Gasteiger partial charge in [0.1, 0.15) is 0 Å². The van der Waals surface area contributed by atoms with Crippen molar-refractivity contribution in [1.29, 1.82) is 0 Å². The van der Waals surface area contributed by atoms with Gasteiger partial charge in [0.25, 0.3) is 0 Å². The molecule has 20 heavy (non-hydrogen) atoms. The molecule has 2 unspecified atom stereocenters. The molecule has 1 aliphatic rings. The van der Waals surface area contributed by atoms with Gasteiger partial charge in [0.15, 0.2) is 0 Å². The van der Waals surface area contributed by atoms with Crippen LogP contribution in [-0.2, 0) is 4.79 Å². The van der Waals surface area contributed by atoms with Gasteiger partial charge in [0, 0.05) is 17.4 Å². The fraction of sp³-hybridized carbons (Fsp3) is 0.562. The number of thioether (sulfide) groups is 1. The van der Waals surface area contributed by atoms with Crippen LogP contribution in [0.15, 0.2) is 29.2 Å². The van der Waals surface area contributed by atoms with Gasteiger partial charge >= 0.3 is 0 Å². The van der Waals surface area contributed by atoms with E-state index in [0.29, 0.717) is 12.5 Å². The molecule has 4 heteroatoms. The van der Waals surface area contributed by atoms with E-state index in [1.54, 1.807) is 0 Å². The average molecular weight is 292 g/mol. The summed E-state index contributed by atoms with van der Waals surface area (Å²) in [6, 6.07) is 8.91. The van der Waals surface area contributed by atoms with Gasteiger partial charge in [-0.05, 0) is 49.8 Å². The fourth-order valence-electron chi connectivity index (χ4n) is 2.56. The number of hydrogen-bond acceptors (Lipinski definition) is 3. The smallest absolute Gasteiger partial charge is 0.222 e.